The van der Waals surface area contributed by atoms with Gasteiger partial charge in [0.2, 0.25) is 5.91 Å². The number of carbonyl (C=O) groups excluding carboxylic acids is 1. The van der Waals surface area contributed by atoms with Crippen molar-refractivity contribution in [1.82, 2.24) is 5.32 Å². The summed E-state index contributed by atoms with van der Waals surface area (Å²) in [6.07, 6.45) is -4.49. The molecule has 0 aromatic heterocycles. The molecule has 0 saturated heterocycles. The van der Waals surface area contributed by atoms with Crippen molar-refractivity contribution in [2.75, 3.05) is 18.4 Å². The summed E-state index contributed by atoms with van der Waals surface area (Å²) >= 11 is 0. The molecule has 0 unspecified atom stereocenters. The number of hydrogen-bond acceptors (Lipinski definition) is 3. The van der Waals surface area contributed by atoms with Crippen molar-refractivity contribution in [3.63, 3.8) is 0 Å². The van der Waals surface area contributed by atoms with Crippen LogP contribution in [0.5, 0.6) is 5.75 Å². The van der Waals surface area contributed by atoms with E-state index >= 15 is 0 Å². The lowest BCUT2D eigenvalue weighted by Crippen LogP contribution is -2.21. The van der Waals surface area contributed by atoms with Crippen molar-refractivity contribution < 1.29 is 22.7 Å². The number of anilines is 1. The van der Waals surface area contributed by atoms with Gasteiger partial charge in [0.05, 0.1) is 0 Å². The van der Waals surface area contributed by atoms with Crippen LogP contribution in [-0.2, 0) is 4.79 Å². The molecule has 0 aliphatic heterocycles. The second-order valence-corrected chi connectivity index (χ2v) is 3.73. The van der Waals surface area contributed by atoms with Crippen LogP contribution in [0.4, 0.5) is 18.9 Å². The molecule has 0 bridgehead atoms. The lowest BCUT2D eigenvalue weighted by Gasteiger charge is -2.10. The number of nitrogens with one attached hydrogen (secondary N) is 2. The molecule has 0 radical (unpaired) electrons. The number of ether oxygens (including phenoxy) is 1. The van der Waals surface area contributed by atoms with Crippen LogP contribution in [0.1, 0.15) is 13.3 Å². The van der Waals surface area contributed by atoms with Gasteiger partial charge >= 0.3 is 6.36 Å². The van der Waals surface area contributed by atoms with Crippen LogP contribution < -0.4 is 15.4 Å². The van der Waals surface area contributed by atoms with Gasteiger partial charge in [0.25, 0.3) is 0 Å². The van der Waals surface area contributed by atoms with E-state index < -0.39 is 6.36 Å². The van der Waals surface area contributed by atoms with Crippen LogP contribution in [0.2, 0.25) is 0 Å². The number of amides is 1. The highest BCUT2D eigenvalue weighted by atomic mass is 19.4. The minimum Gasteiger partial charge on any atom is -0.406 e. The van der Waals surface area contributed by atoms with Crippen molar-refractivity contribution >= 4 is 11.6 Å². The summed E-state index contributed by atoms with van der Waals surface area (Å²) in [6.45, 7) is 3.18. The van der Waals surface area contributed by atoms with Crippen LogP contribution in [0, 0.1) is 0 Å². The van der Waals surface area contributed by atoms with Crippen molar-refractivity contribution in [2.24, 2.45) is 0 Å². The summed E-state index contributed by atoms with van der Waals surface area (Å²) in [6, 6.07) is 5.16. The highest BCUT2D eigenvalue weighted by molar-refractivity contribution is 5.90. The first-order valence-electron chi connectivity index (χ1n) is 5.77. The molecule has 7 heteroatoms. The zero-order valence-corrected chi connectivity index (χ0v) is 10.4. The van der Waals surface area contributed by atoms with Crippen molar-refractivity contribution in [3.8, 4) is 5.75 Å². The number of hydrogen-bond donors (Lipinski definition) is 2. The fourth-order valence-electron chi connectivity index (χ4n) is 1.37. The van der Waals surface area contributed by atoms with Gasteiger partial charge in [-0.3, -0.25) is 4.79 Å². The molecule has 0 aliphatic carbocycles. The summed E-state index contributed by atoms with van der Waals surface area (Å²) in [5, 5.41) is 5.47. The normalized spacial score (nSPS) is 11.2. The average Bonchev–Trinajstić information content (AvgIpc) is 2.27. The van der Waals surface area contributed by atoms with E-state index in [0.717, 1.165) is 12.6 Å². The Bertz CT molecular complexity index is 422. The van der Waals surface area contributed by atoms with Crippen LogP contribution in [0.15, 0.2) is 24.3 Å². The Morgan fingerprint density at radius 1 is 1.37 bits per heavy atom. The summed E-state index contributed by atoms with van der Waals surface area (Å²) in [7, 11) is 0. The Balaban J connectivity index is 2.54. The maximum absolute atomic E-state index is 12.0. The third kappa shape index (κ3) is 6.66. The first kappa shape index (κ1) is 15.3. The predicted molar refractivity (Wildman–Crippen MR) is 64.9 cm³/mol. The zero-order valence-electron chi connectivity index (χ0n) is 10.4. The maximum Gasteiger partial charge on any atom is 0.573 e. The van der Waals surface area contributed by atoms with Gasteiger partial charge in [-0.1, -0.05) is 13.0 Å². The van der Waals surface area contributed by atoms with Gasteiger partial charge in [-0.2, -0.15) is 0 Å². The van der Waals surface area contributed by atoms with Gasteiger partial charge in [0, 0.05) is 24.7 Å². The molecule has 4 nitrogen and oxygen atoms in total. The standard InChI is InChI=1S/C12H15F3N2O2/c1-2-16-7-6-11(18)17-9-4-3-5-10(8-9)19-12(13,14)15/h3-5,8,16H,2,6-7H2,1H3,(H,17,18). The summed E-state index contributed by atoms with van der Waals surface area (Å²) < 4.78 is 39.8. The molecule has 106 valence electrons. The van der Waals surface area contributed by atoms with E-state index in [9.17, 15) is 18.0 Å². The Labute approximate surface area is 108 Å². The third-order valence-corrected chi connectivity index (χ3v) is 2.13. The minimum absolute atomic E-state index is 0.248. The fraction of sp³-hybridized carbons (Fsp3) is 0.417. The quantitative estimate of drug-likeness (QED) is 0.785. The minimum atomic E-state index is -4.74. The molecule has 1 aromatic rings. The largest absolute Gasteiger partial charge is 0.573 e. The topological polar surface area (TPSA) is 50.4 Å². The second kappa shape index (κ2) is 6.98. The Morgan fingerprint density at radius 3 is 2.74 bits per heavy atom. The maximum atomic E-state index is 12.0. The Kier molecular flexibility index (Phi) is 5.62. The van der Waals surface area contributed by atoms with Crippen molar-refractivity contribution in [2.45, 2.75) is 19.7 Å². The van der Waals surface area contributed by atoms with Crippen LogP contribution in [0.25, 0.3) is 0 Å². The number of carbonyl (C=O) groups is 1. The fourth-order valence-corrected chi connectivity index (χ4v) is 1.37. The lowest BCUT2D eigenvalue weighted by molar-refractivity contribution is -0.274. The van der Waals surface area contributed by atoms with E-state index in [1.54, 1.807) is 0 Å². The Hall–Kier alpha value is -1.76. The molecule has 0 heterocycles. The van der Waals surface area contributed by atoms with E-state index in [-0.39, 0.29) is 23.8 Å². The number of benzene rings is 1. The van der Waals surface area contributed by atoms with E-state index in [2.05, 4.69) is 15.4 Å². The Morgan fingerprint density at radius 2 is 2.11 bits per heavy atom. The van der Waals surface area contributed by atoms with Crippen molar-refractivity contribution in [1.29, 1.82) is 0 Å². The number of alkyl halides is 3. The van der Waals surface area contributed by atoms with Gasteiger partial charge in [-0.25, -0.2) is 0 Å². The van der Waals surface area contributed by atoms with Gasteiger partial charge in [-0.05, 0) is 18.7 Å². The second-order valence-electron chi connectivity index (χ2n) is 3.73. The zero-order chi connectivity index (χ0) is 14.3. The molecule has 1 rings (SSSR count). The van der Waals surface area contributed by atoms with E-state index in [1.165, 1.54) is 18.2 Å². The monoisotopic (exact) mass is 276 g/mol. The summed E-state index contributed by atoms with van der Waals surface area (Å²) in [5.74, 6) is -0.637. The molecule has 0 fully saturated rings. The van der Waals surface area contributed by atoms with Gasteiger partial charge < -0.3 is 15.4 Å². The van der Waals surface area contributed by atoms with E-state index in [1.807, 2.05) is 6.92 Å². The molecule has 2 N–H and O–H groups in total. The van der Waals surface area contributed by atoms with Crippen LogP contribution >= 0.6 is 0 Å². The first-order chi connectivity index (χ1) is 8.90. The van der Waals surface area contributed by atoms with Gasteiger partial charge in [-0.15, -0.1) is 13.2 Å². The van der Waals surface area contributed by atoms with Crippen molar-refractivity contribution in [3.05, 3.63) is 24.3 Å². The highest BCUT2D eigenvalue weighted by Crippen LogP contribution is 2.24. The highest BCUT2D eigenvalue weighted by Gasteiger charge is 2.31. The van der Waals surface area contributed by atoms with Crippen LogP contribution in [0.3, 0.4) is 0 Å². The molecule has 0 aliphatic rings. The average molecular weight is 276 g/mol. The number of halogens is 3. The summed E-state index contributed by atoms with van der Waals surface area (Å²) in [5.41, 5.74) is 0.267. The molecular formula is C12H15F3N2O2. The molecular weight excluding hydrogens is 261 g/mol. The predicted octanol–water partition coefficient (Wildman–Crippen LogP) is 2.52. The lowest BCUT2D eigenvalue weighted by atomic mass is 10.3. The SMILES string of the molecule is CCNCCC(=O)Nc1cccc(OC(F)(F)F)c1. The van der Waals surface area contributed by atoms with E-state index in [4.69, 9.17) is 0 Å². The molecule has 0 saturated carbocycles. The smallest absolute Gasteiger partial charge is 0.406 e. The molecule has 0 spiro atoms. The van der Waals surface area contributed by atoms with Crippen LogP contribution in [-0.4, -0.2) is 25.4 Å². The molecule has 19 heavy (non-hydrogen) atoms. The molecule has 1 aromatic carbocycles. The molecule has 0 atom stereocenters. The number of rotatable bonds is 6. The molecule has 1 amide bonds. The third-order valence-electron chi connectivity index (χ3n) is 2.13. The first-order valence-corrected chi connectivity index (χ1v) is 5.77. The van der Waals surface area contributed by atoms with Gasteiger partial charge in [0.1, 0.15) is 5.75 Å². The van der Waals surface area contributed by atoms with Gasteiger partial charge in [0.15, 0.2) is 0 Å². The van der Waals surface area contributed by atoms with E-state index in [0.29, 0.717) is 6.54 Å². The summed E-state index contributed by atoms with van der Waals surface area (Å²) in [4.78, 5) is 11.5.